The van der Waals surface area contributed by atoms with Crippen molar-refractivity contribution in [1.82, 2.24) is 10.2 Å². The average Bonchev–Trinajstić information content (AvgIpc) is 3.18. The second kappa shape index (κ2) is 9.96. The number of nitrogens with zero attached hydrogens (tertiary/aromatic N) is 1. The summed E-state index contributed by atoms with van der Waals surface area (Å²) in [5.74, 6) is 2.22. The van der Waals surface area contributed by atoms with Crippen molar-refractivity contribution >= 4 is 5.57 Å². The van der Waals surface area contributed by atoms with Crippen LogP contribution >= 0.6 is 0 Å². The van der Waals surface area contributed by atoms with Gasteiger partial charge in [0, 0.05) is 38.1 Å². The van der Waals surface area contributed by atoms with Crippen LogP contribution in [0.4, 0.5) is 0 Å². The molecule has 0 spiro atoms. The number of hydrogen-bond donors (Lipinski definition) is 1. The average molecular weight is 405 g/mol. The molecule has 1 heterocycles. The van der Waals surface area contributed by atoms with Gasteiger partial charge in [0.2, 0.25) is 0 Å². The maximum Gasteiger partial charge on any atom is 0.119 e. The lowest BCUT2D eigenvalue weighted by Crippen LogP contribution is -2.49. The normalized spacial score (nSPS) is 20.4. The van der Waals surface area contributed by atoms with Gasteiger partial charge in [-0.2, -0.15) is 0 Å². The predicted octanol–water partition coefficient (Wildman–Crippen LogP) is 4.49. The second-order valence-electron chi connectivity index (χ2n) is 8.16. The van der Waals surface area contributed by atoms with Crippen LogP contribution in [-0.4, -0.2) is 43.7 Å². The molecule has 4 nitrogen and oxygen atoms in total. The van der Waals surface area contributed by atoms with Crippen molar-refractivity contribution in [2.24, 2.45) is 5.92 Å². The molecule has 158 valence electrons. The molecule has 2 aromatic carbocycles. The third-order valence-corrected chi connectivity index (χ3v) is 6.02. The first-order chi connectivity index (χ1) is 14.7. The minimum Gasteiger partial charge on any atom is -0.493 e. The highest BCUT2D eigenvalue weighted by atomic mass is 16.5. The molecule has 0 saturated carbocycles. The Morgan fingerprint density at radius 1 is 0.967 bits per heavy atom. The van der Waals surface area contributed by atoms with Crippen molar-refractivity contribution in [2.75, 3.05) is 32.8 Å². The van der Waals surface area contributed by atoms with E-state index in [9.17, 15) is 0 Å². The first kappa shape index (κ1) is 20.7. The molecule has 1 fully saturated rings. The molecule has 30 heavy (non-hydrogen) atoms. The molecule has 1 saturated heterocycles. The quantitative estimate of drug-likeness (QED) is 0.703. The summed E-state index contributed by atoms with van der Waals surface area (Å²) < 4.78 is 12.1. The van der Waals surface area contributed by atoms with Crippen LogP contribution in [0.3, 0.4) is 0 Å². The molecule has 0 bridgehead atoms. The summed E-state index contributed by atoms with van der Waals surface area (Å²) in [7, 11) is 0. The van der Waals surface area contributed by atoms with Crippen molar-refractivity contribution in [2.45, 2.75) is 26.5 Å². The molecule has 2 aromatic rings. The van der Waals surface area contributed by atoms with Crippen LogP contribution in [-0.2, 0) is 11.3 Å². The zero-order chi connectivity index (χ0) is 20.8. The first-order valence-corrected chi connectivity index (χ1v) is 11.0. The van der Waals surface area contributed by atoms with Crippen LogP contribution in [0.5, 0.6) is 5.75 Å². The Labute approximate surface area is 180 Å². The summed E-state index contributed by atoms with van der Waals surface area (Å²) >= 11 is 0. The highest BCUT2D eigenvalue weighted by Gasteiger charge is 2.21. The molecule has 0 radical (unpaired) electrons. The lowest BCUT2D eigenvalue weighted by molar-refractivity contribution is 0.132. The number of piperazine rings is 1. The van der Waals surface area contributed by atoms with E-state index in [4.69, 9.17) is 9.47 Å². The van der Waals surface area contributed by atoms with Crippen molar-refractivity contribution in [1.29, 1.82) is 0 Å². The Bertz CT molecular complexity index is 868. The number of allylic oxidation sites excluding steroid dienone is 3. The third kappa shape index (κ3) is 5.13. The van der Waals surface area contributed by atoms with Crippen LogP contribution < -0.4 is 10.1 Å². The van der Waals surface area contributed by atoms with Gasteiger partial charge in [-0.25, -0.2) is 0 Å². The van der Waals surface area contributed by atoms with Crippen LogP contribution in [0.15, 0.2) is 72.5 Å². The van der Waals surface area contributed by atoms with Crippen molar-refractivity contribution < 1.29 is 9.47 Å². The molecule has 0 aromatic heterocycles. The first-order valence-electron chi connectivity index (χ1n) is 11.0. The Kier molecular flexibility index (Phi) is 6.88. The zero-order valence-electron chi connectivity index (χ0n) is 18.0. The van der Waals surface area contributed by atoms with Crippen molar-refractivity contribution in [3.05, 3.63) is 83.6 Å². The van der Waals surface area contributed by atoms with Gasteiger partial charge in [0.15, 0.2) is 0 Å². The highest BCUT2D eigenvalue weighted by molar-refractivity contribution is 5.74. The molecule has 4 heteroatoms. The minimum atomic E-state index is 0.258. The summed E-state index contributed by atoms with van der Waals surface area (Å²) in [6.45, 7) is 10.1. The Hall–Kier alpha value is -2.56. The van der Waals surface area contributed by atoms with E-state index in [1.54, 1.807) is 0 Å². The van der Waals surface area contributed by atoms with Gasteiger partial charge in [0.05, 0.1) is 0 Å². The van der Waals surface area contributed by atoms with Gasteiger partial charge in [-0.15, -0.1) is 0 Å². The molecule has 2 atom stereocenters. The van der Waals surface area contributed by atoms with E-state index >= 15 is 0 Å². The summed E-state index contributed by atoms with van der Waals surface area (Å²) in [6.07, 6.45) is 4.27. The summed E-state index contributed by atoms with van der Waals surface area (Å²) in [4.78, 5) is 2.48. The maximum atomic E-state index is 6.07. The van der Waals surface area contributed by atoms with Gasteiger partial charge in [0.25, 0.3) is 0 Å². The smallest absolute Gasteiger partial charge is 0.119 e. The Morgan fingerprint density at radius 3 is 2.43 bits per heavy atom. The van der Waals surface area contributed by atoms with Crippen LogP contribution in [0.2, 0.25) is 0 Å². The number of nitrogens with one attached hydrogen (secondary N) is 1. The number of benzene rings is 2. The van der Waals surface area contributed by atoms with Gasteiger partial charge < -0.3 is 14.8 Å². The molecule has 0 amide bonds. The maximum absolute atomic E-state index is 6.07. The molecule has 1 aliphatic heterocycles. The SMILES string of the molecule is CC1C(OCc2ccccc2)=CC=C1c1ccc(OC[C@@H](C)N2CCNCC2)cc1. The molecule has 1 N–H and O–H groups in total. The summed E-state index contributed by atoms with van der Waals surface area (Å²) in [5.41, 5.74) is 3.70. The van der Waals surface area contributed by atoms with E-state index < -0.39 is 0 Å². The molecule has 1 unspecified atom stereocenters. The predicted molar refractivity (Wildman–Crippen MR) is 122 cm³/mol. The van der Waals surface area contributed by atoms with E-state index in [1.165, 1.54) is 16.7 Å². The molecule has 4 rings (SSSR count). The monoisotopic (exact) mass is 404 g/mol. The van der Waals surface area contributed by atoms with Crippen LogP contribution in [0.25, 0.3) is 5.57 Å². The van der Waals surface area contributed by atoms with Crippen molar-refractivity contribution in [3.63, 3.8) is 0 Å². The lowest BCUT2D eigenvalue weighted by atomic mass is 9.96. The number of ether oxygens (including phenoxy) is 2. The topological polar surface area (TPSA) is 33.7 Å². The zero-order valence-corrected chi connectivity index (χ0v) is 18.0. The molecular formula is C26H32N2O2. The van der Waals surface area contributed by atoms with Gasteiger partial charge in [-0.05, 0) is 41.8 Å². The van der Waals surface area contributed by atoms with Gasteiger partial charge in [-0.3, -0.25) is 4.90 Å². The highest BCUT2D eigenvalue weighted by Crippen LogP contribution is 2.35. The molecule has 2 aliphatic rings. The number of hydrogen-bond acceptors (Lipinski definition) is 4. The lowest BCUT2D eigenvalue weighted by Gasteiger charge is -2.32. The summed E-state index contributed by atoms with van der Waals surface area (Å²) in [6, 6.07) is 19.2. The summed E-state index contributed by atoms with van der Waals surface area (Å²) in [5, 5.41) is 3.40. The van der Waals surface area contributed by atoms with E-state index in [0.29, 0.717) is 12.6 Å². The van der Waals surface area contributed by atoms with E-state index in [1.807, 2.05) is 18.2 Å². The molecular weight excluding hydrogens is 372 g/mol. The Morgan fingerprint density at radius 2 is 1.70 bits per heavy atom. The van der Waals surface area contributed by atoms with Gasteiger partial charge >= 0.3 is 0 Å². The number of rotatable bonds is 8. The third-order valence-electron chi connectivity index (χ3n) is 6.02. The fourth-order valence-electron chi connectivity index (χ4n) is 4.06. The van der Waals surface area contributed by atoms with Gasteiger partial charge in [-0.1, -0.05) is 55.5 Å². The van der Waals surface area contributed by atoms with Crippen molar-refractivity contribution in [3.8, 4) is 5.75 Å². The minimum absolute atomic E-state index is 0.258. The van der Waals surface area contributed by atoms with Crippen LogP contribution in [0, 0.1) is 5.92 Å². The largest absolute Gasteiger partial charge is 0.493 e. The van der Waals surface area contributed by atoms with Crippen LogP contribution in [0.1, 0.15) is 25.0 Å². The standard InChI is InChI=1S/C26H32N2O2/c1-20(28-16-14-27-15-17-28)18-29-24-10-8-23(9-11-24)25-12-13-26(21(25)2)30-19-22-6-4-3-5-7-22/h3-13,20-21,27H,14-19H2,1-2H3/t20-,21?/m1/s1. The fourth-order valence-corrected chi connectivity index (χ4v) is 4.06. The Balaban J connectivity index is 1.27. The van der Waals surface area contributed by atoms with E-state index in [0.717, 1.165) is 44.3 Å². The fraction of sp³-hybridized carbons (Fsp3) is 0.385. The van der Waals surface area contributed by atoms with E-state index in [-0.39, 0.29) is 5.92 Å². The van der Waals surface area contributed by atoms with Gasteiger partial charge in [0.1, 0.15) is 24.7 Å². The van der Waals surface area contributed by atoms with E-state index in [2.05, 4.69) is 72.6 Å². The molecule has 1 aliphatic carbocycles. The second-order valence-corrected chi connectivity index (χ2v) is 8.16.